The summed E-state index contributed by atoms with van der Waals surface area (Å²) in [4.78, 5) is 9.27. The highest BCUT2D eigenvalue weighted by Gasteiger charge is 2.16. The van der Waals surface area contributed by atoms with Gasteiger partial charge in [0.2, 0.25) is 11.7 Å². The maximum Gasteiger partial charge on any atom is 0.286 e. The molecule has 3 aromatic carbocycles. The van der Waals surface area contributed by atoms with E-state index >= 15 is 0 Å². The molecule has 0 aliphatic rings. The third-order valence-corrected chi connectivity index (χ3v) is 4.92. The van der Waals surface area contributed by atoms with Gasteiger partial charge in [-0.15, -0.1) is 10.2 Å². The van der Waals surface area contributed by atoms with Gasteiger partial charge < -0.3 is 14.5 Å². The first-order chi connectivity index (χ1) is 15.2. The molecule has 0 bridgehead atoms. The zero-order valence-electron chi connectivity index (χ0n) is 16.4. The number of aromatic nitrogens is 4. The van der Waals surface area contributed by atoms with Crippen molar-refractivity contribution in [1.29, 1.82) is 0 Å². The van der Waals surface area contributed by atoms with Crippen LogP contribution in [0.15, 0.2) is 77.2 Å². The third kappa shape index (κ3) is 3.91. The second-order valence-corrected chi connectivity index (χ2v) is 7.12. The van der Waals surface area contributed by atoms with Crippen molar-refractivity contribution in [3.63, 3.8) is 0 Å². The summed E-state index contributed by atoms with van der Waals surface area (Å²) in [6, 6.07) is 22.5. The molecule has 2 aromatic heterocycles. The van der Waals surface area contributed by atoms with E-state index < -0.39 is 0 Å². The van der Waals surface area contributed by atoms with Gasteiger partial charge in [-0.05, 0) is 60.7 Å². The van der Waals surface area contributed by atoms with Gasteiger partial charge in [0.15, 0.2) is 0 Å². The van der Waals surface area contributed by atoms with E-state index in [1.54, 1.807) is 19.2 Å². The van der Waals surface area contributed by atoms with Crippen LogP contribution in [0.25, 0.3) is 34.1 Å². The number of halogens is 1. The minimum Gasteiger partial charge on any atom is -0.497 e. The minimum atomic E-state index is 0.230. The number of benzene rings is 3. The van der Waals surface area contributed by atoms with Crippen LogP contribution in [0.5, 0.6) is 5.75 Å². The predicted octanol–water partition coefficient (Wildman–Crippen LogP) is 5.75. The van der Waals surface area contributed by atoms with Crippen LogP contribution in [0, 0.1) is 0 Å². The van der Waals surface area contributed by atoms with Gasteiger partial charge >= 0.3 is 0 Å². The number of ether oxygens (including phenoxy) is 1. The normalized spacial score (nSPS) is 10.9. The molecule has 152 valence electrons. The highest BCUT2D eigenvalue weighted by atomic mass is 35.5. The van der Waals surface area contributed by atoms with Gasteiger partial charge in [0.05, 0.1) is 12.6 Å². The number of anilines is 2. The molecule has 1 N–H and O–H groups in total. The predicted molar refractivity (Wildman–Crippen MR) is 120 cm³/mol. The summed E-state index contributed by atoms with van der Waals surface area (Å²) in [7, 11) is 1.63. The Hall–Kier alpha value is -3.97. The fourth-order valence-corrected chi connectivity index (χ4v) is 3.23. The van der Waals surface area contributed by atoms with Gasteiger partial charge in [0.25, 0.3) is 5.89 Å². The van der Waals surface area contributed by atoms with E-state index in [4.69, 9.17) is 20.8 Å². The summed E-state index contributed by atoms with van der Waals surface area (Å²) in [5, 5.41) is 13.1. The van der Waals surface area contributed by atoms with Crippen molar-refractivity contribution in [3.8, 4) is 28.9 Å². The van der Waals surface area contributed by atoms with Gasteiger partial charge in [-0.2, -0.15) is 0 Å². The molecule has 0 atom stereocenters. The Morgan fingerprint density at radius 2 is 1.58 bits per heavy atom. The van der Waals surface area contributed by atoms with Crippen LogP contribution in [0.3, 0.4) is 0 Å². The Bertz CT molecular complexity index is 1350. The zero-order chi connectivity index (χ0) is 21.2. The summed E-state index contributed by atoms with van der Waals surface area (Å²) in [6.07, 6.45) is 0. The minimum absolute atomic E-state index is 0.230. The van der Waals surface area contributed by atoms with Crippen LogP contribution in [0.2, 0.25) is 5.02 Å². The quantitative estimate of drug-likeness (QED) is 0.380. The molecule has 0 unspecified atom stereocenters. The van der Waals surface area contributed by atoms with Crippen molar-refractivity contribution in [2.24, 2.45) is 0 Å². The number of hydrogen-bond acceptors (Lipinski definition) is 7. The number of hydrogen-bond donors (Lipinski definition) is 1. The lowest BCUT2D eigenvalue weighted by Gasteiger charge is -2.10. The second-order valence-electron chi connectivity index (χ2n) is 6.69. The van der Waals surface area contributed by atoms with E-state index in [1.807, 2.05) is 60.7 Å². The molecule has 0 radical (unpaired) electrons. The van der Waals surface area contributed by atoms with Gasteiger partial charge in [-0.3, -0.25) is 0 Å². The van der Waals surface area contributed by atoms with E-state index in [0.717, 1.165) is 27.9 Å². The Balaban J connectivity index is 1.54. The summed E-state index contributed by atoms with van der Waals surface area (Å²) in [5.74, 6) is 2.35. The Labute approximate surface area is 182 Å². The summed E-state index contributed by atoms with van der Waals surface area (Å²) < 4.78 is 11.1. The largest absolute Gasteiger partial charge is 0.497 e. The van der Waals surface area contributed by atoms with Crippen molar-refractivity contribution in [1.82, 2.24) is 20.2 Å². The molecule has 0 saturated carbocycles. The smallest absolute Gasteiger partial charge is 0.286 e. The lowest BCUT2D eigenvalue weighted by atomic mass is 10.2. The molecule has 0 aliphatic heterocycles. The van der Waals surface area contributed by atoms with E-state index in [1.165, 1.54) is 0 Å². The molecule has 8 heteroatoms. The summed E-state index contributed by atoms with van der Waals surface area (Å²) in [5.41, 5.74) is 2.39. The molecule has 0 aliphatic carbocycles. The van der Waals surface area contributed by atoms with Crippen LogP contribution < -0.4 is 10.1 Å². The molecule has 0 saturated heterocycles. The lowest BCUT2D eigenvalue weighted by Crippen LogP contribution is -1.99. The maximum atomic E-state index is 5.96. The summed E-state index contributed by atoms with van der Waals surface area (Å²) in [6.45, 7) is 0. The molecule has 0 fully saturated rings. The average molecular weight is 430 g/mol. The van der Waals surface area contributed by atoms with Gasteiger partial charge in [-0.25, -0.2) is 9.97 Å². The maximum absolute atomic E-state index is 5.96. The number of nitrogens with zero attached hydrogens (tertiary/aromatic N) is 4. The van der Waals surface area contributed by atoms with Gasteiger partial charge in [0, 0.05) is 21.7 Å². The molecule has 31 heavy (non-hydrogen) atoms. The van der Waals surface area contributed by atoms with Crippen LogP contribution in [0.4, 0.5) is 11.5 Å². The van der Waals surface area contributed by atoms with Gasteiger partial charge in [0.1, 0.15) is 11.6 Å². The fourth-order valence-electron chi connectivity index (χ4n) is 3.10. The molecule has 7 nitrogen and oxygen atoms in total. The Morgan fingerprint density at radius 1 is 0.839 bits per heavy atom. The van der Waals surface area contributed by atoms with Crippen molar-refractivity contribution < 1.29 is 9.15 Å². The number of para-hydroxylation sites is 1. The van der Waals surface area contributed by atoms with E-state index in [-0.39, 0.29) is 5.89 Å². The molecule has 0 spiro atoms. The number of methoxy groups -OCH3 is 1. The molecule has 2 heterocycles. The SMILES string of the molecule is COc1ccc(Nc2nc(-c3nnc(-c4ccc(Cl)cc4)o3)nc3ccccc23)cc1. The highest BCUT2D eigenvalue weighted by molar-refractivity contribution is 6.30. The van der Waals surface area contributed by atoms with E-state index in [0.29, 0.717) is 22.6 Å². The first-order valence-electron chi connectivity index (χ1n) is 9.47. The van der Waals surface area contributed by atoms with E-state index in [2.05, 4.69) is 25.5 Å². The Kier molecular flexibility index (Phi) is 4.93. The second kappa shape index (κ2) is 8.04. The van der Waals surface area contributed by atoms with Gasteiger partial charge in [-0.1, -0.05) is 23.7 Å². The van der Waals surface area contributed by atoms with Crippen LogP contribution >= 0.6 is 11.6 Å². The highest BCUT2D eigenvalue weighted by Crippen LogP contribution is 2.29. The van der Waals surface area contributed by atoms with Crippen LogP contribution in [-0.2, 0) is 0 Å². The molecule has 0 amide bonds. The average Bonchev–Trinajstić information content (AvgIpc) is 3.30. The number of fused-ring (bicyclic) bond motifs is 1. The third-order valence-electron chi connectivity index (χ3n) is 4.66. The van der Waals surface area contributed by atoms with E-state index in [9.17, 15) is 0 Å². The van der Waals surface area contributed by atoms with Crippen molar-refractivity contribution in [2.75, 3.05) is 12.4 Å². The molecular formula is C23H16ClN5O2. The zero-order valence-corrected chi connectivity index (χ0v) is 17.2. The molecular weight excluding hydrogens is 414 g/mol. The first kappa shape index (κ1) is 19.0. The number of rotatable bonds is 5. The Morgan fingerprint density at radius 3 is 2.35 bits per heavy atom. The van der Waals surface area contributed by atoms with Crippen molar-refractivity contribution in [2.45, 2.75) is 0 Å². The van der Waals surface area contributed by atoms with Crippen molar-refractivity contribution >= 4 is 34.0 Å². The number of nitrogens with one attached hydrogen (secondary N) is 1. The van der Waals surface area contributed by atoms with Crippen LogP contribution in [-0.4, -0.2) is 27.3 Å². The molecule has 5 rings (SSSR count). The first-order valence-corrected chi connectivity index (χ1v) is 9.85. The van der Waals surface area contributed by atoms with Crippen LogP contribution in [0.1, 0.15) is 0 Å². The standard InChI is InChI=1S/C23H16ClN5O2/c1-30-17-12-10-16(11-13-17)25-20-18-4-2-3-5-19(18)26-21(27-20)23-29-28-22(31-23)14-6-8-15(24)9-7-14/h2-13H,1H3,(H,25,26,27). The monoisotopic (exact) mass is 429 g/mol. The molecule has 5 aromatic rings. The lowest BCUT2D eigenvalue weighted by molar-refractivity contribution is 0.415. The topological polar surface area (TPSA) is 86.0 Å². The fraction of sp³-hybridized carbons (Fsp3) is 0.0435. The van der Waals surface area contributed by atoms with Crippen molar-refractivity contribution in [3.05, 3.63) is 77.8 Å². The summed E-state index contributed by atoms with van der Waals surface area (Å²) >= 11 is 5.96.